The van der Waals surface area contributed by atoms with Crippen LogP contribution >= 0.6 is 0 Å². The first-order valence-corrected chi connectivity index (χ1v) is 6.94. The van der Waals surface area contributed by atoms with Crippen LogP contribution in [0.1, 0.15) is 31.7 Å². The highest BCUT2D eigenvalue weighted by Gasteiger charge is 2.20. The Labute approximate surface area is 119 Å². The van der Waals surface area contributed by atoms with Crippen LogP contribution in [-0.2, 0) is 12.8 Å². The van der Waals surface area contributed by atoms with Crippen molar-refractivity contribution < 1.29 is 4.42 Å². The van der Waals surface area contributed by atoms with Crippen molar-refractivity contribution in [2.45, 2.75) is 38.6 Å². The molecule has 0 amide bonds. The fraction of sp³-hybridized carbons (Fsp3) is 0.467. The number of aryl methyl sites for hydroxylation is 1. The molecule has 1 heterocycles. The van der Waals surface area contributed by atoms with Gasteiger partial charge in [-0.1, -0.05) is 35.4 Å². The largest absolute Gasteiger partial charge is 0.408 e. The minimum Gasteiger partial charge on any atom is -0.408 e. The van der Waals surface area contributed by atoms with E-state index in [9.17, 15) is 0 Å². The maximum atomic E-state index is 5.50. The van der Waals surface area contributed by atoms with Crippen molar-refractivity contribution in [1.82, 2.24) is 10.2 Å². The van der Waals surface area contributed by atoms with Gasteiger partial charge in [0, 0.05) is 18.5 Å². The number of rotatable bonds is 7. The lowest BCUT2D eigenvalue weighted by Gasteiger charge is -2.25. The molecular weight excluding hydrogens is 252 g/mol. The van der Waals surface area contributed by atoms with Crippen LogP contribution in [0.3, 0.4) is 0 Å². The molecule has 2 rings (SSSR count). The molecule has 0 spiro atoms. The lowest BCUT2D eigenvalue weighted by molar-refractivity contribution is 0.460. The van der Waals surface area contributed by atoms with Crippen LogP contribution in [0.15, 0.2) is 34.7 Å². The number of hydrogen-bond donors (Lipinski definition) is 2. The van der Waals surface area contributed by atoms with Crippen LogP contribution in [0.4, 0.5) is 6.01 Å². The van der Waals surface area contributed by atoms with E-state index in [-0.39, 0.29) is 5.54 Å². The Morgan fingerprint density at radius 2 is 1.90 bits per heavy atom. The van der Waals surface area contributed by atoms with Gasteiger partial charge in [0.15, 0.2) is 0 Å². The predicted octanol–water partition coefficient (Wildman–Crippen LogP) is 2.39. The van der Waals surface area contributed by atoms with Gasteiger partial charge in [0.25, 0.3) is 0 Å². The molecule has 2 aromatic rings. The van der Waals surface area contributed by atoms with E-state index in [1.807, 2.05) is 6.07 Å². The Morgan fingerprint density at radius 1 is 1.15 bits per heavy atom. The van der Waals surface area contributed by atoms with Crippen LogP contribution in [-0.4, -0.2) is 22.3 Å². The normalized spacial score (nSPS) is 11.6. The molecular formula is C15H22N4O. The zero-order chi connectivity index (χ0) is 14.4. The highest BCUT2D eigenvalue weighted by Crippen LogP contribution is 2.19. The fourth-order valence-corrected chi connectivity index (χ4v) is 1.98. The van der Waals surface area contributed by atoms with Gasteiger partial charge in [-0.25, -0.2) is 0 Å². The molecule has 0 unspecified atom stereocenters. The molecule has 1 aromatic carbocycles. The summed E-state index contributed by atoms with van der Waals surface area (Å²) < 4.78 is 5.50. The lowest BCUT2D eigenvalue weighted by atomic mass is 9.95. The van der Waals surface area contributed by atoms with Gasteiger partial charge < -0.3 is 15.5 Å². The van der Waals surface area contributed by atoms with E-state index >= 15 is 0 Å². The molecule has 0 aliphatic heterocycles. The van der Waals surface area contributed by atoms with E-state index < -0.39 is 0 Å². The summed E-state index contributed by atoms with van der Waals surface area (Å²) in [5, 5.41) is 11.2. The predicted molar refractivity (Wildman–Crippen MR) is 79.5 cm³/mol. The fourth-order valence-electron chi connectivity index (χ4n) is 1.98. The molecule has 0 aliphatic rings. The smallest absolute Gasteiger partial charge is 0.315 e. The third-order valence-electron chi connectivity index (χ3n) is 3.15. The van der Waals surface area contributed by atoms with Crippen LogP contribution in [0.5, 0.6) is 0 Å². The highest BCUT2D eigenvalue weighted by molar-refractivity contribution is 5.23. The lowest BCUT2D eigenvalue weighted by Crippen LogP contribution is -2.31. The number of aromatic nitrogens is 2. The van der Waals surface area contributed by atoms with Crippen molar-refractivity contribution in [2.75, 3.05) is 11.9 Å². The van der Waals surface area contributed by atoms with Crippen molar-refractivity contribution in [2.24, 2.45) is 5.73 Å². The number of nitrogens with zero attached hydrogens (tertiary/aromatic N) is 2. The molecule has 0 aliphatic carbocycles. The minimum atomic E-state index is -0.109. The number of nitrogens with two attached hydrogens (primary N) is 1. The zero-order valence-electron chi connectivity index (χ0n) is 12.1. The van der Waals surface area contributed by atoms with Crippen LogP contribution < -0.4 is 11.1 Å². The summed E-state index contributed by atoms with van der Waals surface area (Å²) in [5.74, 6) is 0.578. The van der Waals surface area contributed by atoms with Gasteiger partial charge in [-0.3, -0.25) is 0 Å². The zero-order valence-corrected chi connectivity index (χ0v) is 12.1. The second-order valence-corrected chi connectivity index (χ2v) is 5.53. The Morgan fingerprint density at radius 3 is 2.60 bits per heavy atom. The Kier molecular flexibility index (Phi) is 4.74. The minimum absolute atomic E-state index is 0.109. The molecule has 0 saturated heterocycles. The van der Waals surface area contributed by atoms with Crippen molar-refractivity contribution >= 4 is 6.01 Å². The second kappa shape index (κ2) is 6.52. The summed E-state index contributed by atoms with van der Waals surface area (Å²) in [4.78, 5) is 0. The molecule has 0 bridgehead atoms. The number of benzene rings is 1. The molecule has 0 fully saturated rings. The summed E-state index contributed by atoms with van der Waals surface area (Å²) in [5.41, 5.74) is 6.68. The molecule has 5 nitrogen and oxygen atoms in total. The van der Waals surface area contributed by atoms with Gasteiger partial charge in [0.1, 0.15) is 0 Å². The standard InChI is InChI=1S/C15H22N4O/c1-15(2,10-8-12-6-4-3-5-7-12)17-14-19-18-13(20-14)9-11-16/h3-7H,8-11,16H2,1-2H3,(H,17,19). The Bertz CT molecular complexity index is 522. The molecule has 108 valence electrons. The summed E-state index contributed by atoms with van der Waals surface area (Å²) in [6.07, 6.45) is 2.59. The maximum Gasteiger partial charge on any atom is 0.315 e. The number of nitrogens with one attached hydrogen (secondary N) is 1. The van der Waals surface area contributed by atoms with Gasteiger partial charge in [0.2, 0.25) is 5.89 Å². The van der Waals surface area contributed by atoms with Gasteiger partial charge in [-0.15, -0.1) is 5.10 Å². The van der Waals surface area contributed by atoms with Crippen molar-refractivity contribution in [1.29, 1.82) is 0 Å². The molecule has 3 N–H and O–H groups in total. The molecule has 0 saturated carbocycles. The topological polar surface area (TPSA) is 77.0 Å². The van der Waals surface area contributed by atoms with Gasteiger partial charge in [-0.05, 0) is 32.3 Å². The van der Waals surface area contributed by atoms with E-state index in [2.05, 4.69) is 53.6 Å². The van der Waals surface area contributed by atoms with E-state index in [0.29, 0.717) is 24.9 Å². The van der Waals surface area contributed by atoms with Crippen LogP contribution in [0.2, 0.25) is 0 Å². The third kappa shape index (κ3) is 4.35. The van der Waals surface area contributed by atoms with Gasteiger partial charge in [0.05, 0.1) is 0 Å². The average Bonchev–Trinajstić information content (AvgIpc) is 2.85. The molecule has 20 heavy (non-hydrogen) atoms. The van der Waals surface area contributed by atoms with E-state index in [4.69, 9.17) is 10.2 Å². The number of hydrogen-bond acceptors (Lipinski definition) is 5. The van der Waals surface area contributed by atoms with Gasteiger partial charge >= 0.3 is 6.01 Å². The summed E-state index contributed by atoms with van der Waals surface area (Å²) in [6.45, 7) is 4.77. The molecule has 5 heteroatoms. The Hall–Kier alpha value is -1.88. The summed E-state index contributed by atoms with van der Waals surface area (Å²) in [7, 11) is 0. The van der Waals surface area contributed by atoms with Crippen molar-refractivity contribution in [3.63, 3.8) is 0 Å². The quantitative estimate of drug-likeness (QED) is 0.810. The first kappa shape index (κ1) is 14.5. The van der Waals surface area contributed by atoms with Crippen LogP contribution in [0.25, 0.3) is 0 Å². The SMILES string of the molecule is CC(C)(CCc1ccccc1)Nc1nnc(CCN)o1. The van der Waals surface area contributed by atoms with Crippen LogP contribution in [0, 0.1) is 0 Å². The highest BCUT2D eigenvalue weighted by atomic mass is 16.4. The van der Waals surface area contributed by atoms with E-state index in [0.717, 1.165) is 12.8 Å². The van der Waals surface area contributed by atoms with E-state index in [1.54, 1.807) is 0 Å². The number of anilines is 1. The first-order valence-electron chi connectivity index (χ1n) is 6.94. The first-order chi connectivity index (χ1) is 9.59. The van der Waals surface area contributed by atoms with E-state index in [1.165, 1.54) is 5.56 Å². The van der Waals surface area contributed by atoms with Gasteiger partial charge in [-0.2, -0.15) is 0 Å². The second-order valence-electron chi connectivity index (χ2n) is 5.53. The molecule has 1 aromatic heterocycles. The summed E-state index contributed by atoms with van der Waals surface area (Å²) in [6, 6.07) is 10.9. The average molecular weight is 274 g/mol. The summed E-state index contributed by atoms with van der Waals surface area (Å²) >= 11 is 0. The molecule has 0 radical (unpaired) electrons. The Balaban J connectivity index is 1.89. The third-order valence-corrected chi connectivity index (χ3v) is 3.15. The molecule has 0 atom stereocenters. The monoisotopic (exact) mass is 274 g/mol. The van der Waals surface area contributed by atoms with Crippen molar-refractivity contribution in [3.8, 4) is 0 Å². The maximum absolute atomic E-state index is 5.50. The van der Waals surface area contributed by atoms with Crippen molar-refractivity contribution in [3.05, 3.63) is 41.8 Å².